The molecule has 0 saturated heterocycles. The highest BCUT2D eigenvalue weighted by atomic mass is 32.2. The first-order valence-corrected chi connectivity index (χ1v) is 5.40. The Morgan fingerprint density at radius 2 is 2.15 bits per heavy atom. The van der Waals surface area contributed by atoms with E-state index in [4.69, 9.17) is 0 Å². The van der Waals surface area contributed by atoms with Gasteiger partial charge in [0.15, 0.2) is 5.78 Å². The molecule has 0 aliphatic rings. The zero-order chi connectivity index (χ0) is 10.0. The highest BCUT2D eigenvalue weighted by molar-refractivity contribution is 7.84. The molecule has 1 heterocycles. The van der Waals surface area contributed by atoms with E-state index >= 15 is 0 Å². The second kappa shape index (κ2) is 3.79. The maximum absolute atomic E-state index is 11.3. The monoisotopic (exact) mass is 197 g/mol. The number of rotatable bonds is 2. The molecule has 70 valence electrons. The Balaban J connectivity index is 3.43. The molecule has 1 aromatic rings. The van der Waals surface area contributed by atoms with Gasteiger partial charge in [-0.25, -0.2) is 0 Å². The Morgan fingerprint density at radius 3 is 2.54 bits per heavy atom. The molecule has 0 amide bonds. The van der Waals surface area contributed by atoms with Crippen molar-refractivity contribution >= 4 is 16.6 Å². The van der Waals surface area contributed by atoms with Crippen molar-refractivity contribution < 1.29 is 9.00 Å². The van der Waals surface area contributed by atoms with E-state index in [-0.39, 0.29) is 5.78 Å². The van der Waals surface area contributed by atoms with E-state index < -0.39 is 10.8 Å². The molecule has 0 N–H and O–H groups in total. The molecule has 1 unspecified atom stereocenters. The first-order valence-electron chi connectivity index (χ1n) is 3.84. The maximum atomic E-state index is 11.3. The van der Waals surface area contributed by atoms with Crippen LogP contribution in [0.4, 0.5) is 0 Å². The molecule has 1 aromatic heterocycles. The summed E-state index contributed by atoms with van der Waals surface area (Å²) in [5, 5.41) is 0. The number of pyridine rings is 1. The van der Waals surface area contributed by atoms with E-state index in [2.05, 4.69) is 4.98 Å². The molecular formula is C9H11NO2S. The van der Waals surface area contributed by atoms with Crippen molar-refractivity contribution in [1.82, 2.24) is 4.98 Å². The van der Waals surface area contributed by atoms with Crippen LogP contribution < -0.4 is 0 Å². The average Bonchev–Trinajstić information content (AvgIpc) is 2.02. The standard InChI is InChI=1S/C9H11NO2S/c1-6-4-5-10-8(7(2)11)9(6)13(3)12/h4-5H,1-3H3. The lowest BCUT2D eigenvalue weighted by atomic mass is 10.2. The van der Waals surface area contributed by atoms with Crippen molar-refractivity contribution in [1.29, 1.82) is 0 Å². The van der Waals surface area contributed by atoms with Gasteiger partial charge in [-0.15, -0.1) is 0 Å². The van der Waals surface area contributed by atoms with Crippen molar-refractivity contribution in [2.75, 3.05) is 6.26 Å². The Labute approximate surface area is 79.6 Å². The quantitative estimate of drug-likeness (QED) is 0.672. The third kappa shape index (κ3) is 2.01. The van der Waals surface area contributed by atoms with Crippen molar-refractivity contribution in [3.63, 3.8) is 0 Å². The fourth-order valence-corrected chi connectivity index (χ4v) is 2.15. The zero-order valence-corrected chi connectivity index (χ0v) is 8.64. The van der Waals surface area contributed by atoms with E-state index in [0.29, 0.717) is 10.6 Å². The van der Waals surface area contributed by atoms with E-state index in [1.807, 2.05) is 6.92 Å². The van der Waals surface area contributed by atoms with Crippen LogP contribution in [0.1, 0.15) is 23.0 Å². The smallest absolute Gasteiger partial charge is 0.179 e. The largest absolute Gasteiger partial charge is 0.293 e. The molecule has 4 heteroatoms. The highest BCUT2D eigenvalue weighted by Crippen LogP contribution is 2.15. The number of nitrogens with zero attached hydrogens (tertiary/aromatic N) is 1. The van der Waals surface area contributed by atoms with Crippen LogP contribution >= 0.6 is 0 Å². The molecule has 0 aromatic carbocycles. The summed E-state index contributed by atoms with van der Waals surface area (Å²) in [5.74, 6) is -0.145. The minimum Gasteiger partial charge on any atom is -0.293 e. The molecule has 3 nitrogen and oxygen atoms in total. The van der Waals surface area contributed by atoms with Crippen molar-refractivity contribution in [2.24, 2.45) is 0 Å². The Kier molecular flexibility index (Phi) is 2.93. The molecule has 0 aliphatic carbocycles. The Hall–Kier alpha value is -1.03. The minimum absolute atomic E-state index is 0.145. The van der Waals surface area contributed by atoms with Gasteiger partial charge in [-0.05, 0) is 18.6 Å². The third-order valence-electron chi connectivity index (χ3n) is 1.72. The van der Waals surface area contributed by atoms with Crippen LogP contribution in [-0.2, 0) is 10.8 Å². The maximum Gasteiger partial charge on any atom is 0.179 e. The van der Waals surface area contributed by atoms with E-state index in [9.17, 15) is 9.00 Å². The lowest BCUT2D eigenvalue weighted by molar-refractivity contribution is 0.100. The van der Waals surface area contributed by atoms with Gasteiger partial charge in [-0.3, -0.25) is 14.0 Å². The second-order valence-electron chi connectivity index (χ2n) is 2.82. The van der Waals surface area contributed by atoms with Crippen molar-refractivity contribution in [2.45, 2.75) is 18.7 Å². The molecule has 1 atom stereocenters. The van der Waals surface area contributed by atoms with Crippen LogP contribution in [0.2, 0.25) is 0 Å². The summed E-state index contributed by atoms with van der Waals surface area (Å²) in [6, 6.07) is 1.75. The Morgan fingerprint density at radius 1 is 1.54 bits per heavy atom. The average molecular weight is 197 g/mol. The van der Waals surface area contributed by atoms with Gasteiger partial charge in [0.1, 0.15) is 5.69 Å². The molecule has 1 rings (SSSR count). The molecule has 0 spiro atoms. The Bertz CT molecular complexity index is 374. The summed E-state index contributed by atoms with van der Waals surface area (Å²) in [4.78, 5) is 15.6. The number of ketones is 1. The van der Waals surface area contributed by atoms with Crippen LogP contribution in [0.3, 0.4) is 0 Å². The van der Waals surface area contributed by atoms with Crippen LogP contribution in [0, 0.1) is 6.92 Å². The van der Waals surface area contributed by atoms with Gasteiger partial charge >= 0.3 is 0 Å². The second-order valence-corrected chi connectivity index (χ2v) is 4.13. The number of Topliss-reactive ketones (excluding diaryl/α,β-unsaturated/α-hetero) is 1. The summed E-state index contributed by atoms with van der Waals surface area (Å²) < 4.78 is 11.3. The predicted octanol–water partition coefficient (Wildman–Crippen LogP) is 1.33. The van der Waals surface area contributed by atoms with Crippen LogP contribution in [0.25, 0.3) is 0 Å². The number of aryl methyl sites for hydroxylation is 1. The summed E-state index contributed by atoms with van der Waals surface area (Å²) in [7, 11) is -1.16. The van der Waals surface area contributed by atoms with E-state index in [1.54, 1.807) is 18.5 Å². The van der Waals surface area contributed by atoms with Crippen LogP contribution in [-0.4, -0.2) is 21.2 Å². The summed E-state index contributed by atoms with van der Waals surface area (Å²) in [5.41, 5.74) is 1.17. The van der Waals surface area contributed by atoms with Gasteiger partial charge in [0, 0.05) is 19.4 Å². The normalized spacial score (nSPS) is 12.5. The van der Waals surface area contributed by atoms with E-state index in [1.165, 1.54) is 6.92 Å². The summed E-state index contributed by atoms with van der Waals surface area (Å²) >= 11 is 0. The number of hydrogen-bond acceptors (Lipinski definition) is 3. The topological polar surface area (TPSA) is 47.0 Å². The summed E-state index contributed by atoms with van der Waals surface area (Å²) in [6.07, 6.45) is 3.11. The van der Waals surface area contributed by atoms with Crippen molar-refractivity contribution in [3.8, 4) is 0 Å². The van der Waals surface area contributed by atoms with Crippen molar-refractivity contribution in [3.05, 3.63) is 23.5 Å². The summed E-state index contributed by atoms with van der Waals surface area (Å²) in [6.45, 7) is 3.25. The van der Waals surface area contributed by atoms with Crippen LogP contribution in [0.5, 0.6) is 0 Å². The molecule has 0 radical (unpaired) electrons. The SMILES string of the molecule is CC(=O)c1nccc(C)c1S(C)=O. The number of aromatic nitrogens is 1. The van der Waals surface area contributed by atoms with Crippen LogP contribution in [0.15, 0.2) is 17.2 Å². The molecule has 0 aliphatic heterocycles. The van der Waals surface area contributed by atoms with Gasteiger partial charge in [-0.1, -0.05) is 0 Å². The molecule has 0 fully saturated rings. The van der Waals surface area contributed by atoms with Gasteiger partial charge in [0.05, 0.1) is 15.7 Å². The first-order chi connectivity index (χ1) is 6.04. The molecule has 13 heavy (non-hydrogen) atoms. The number of hydrogen-bond donors (Lipinski definition) is 0. The lowest BCUT2D eigenvalue weighted by Crippen LogP contribution is -2.05. The van der Waals surface area contributed by atoms with Gasteiger partial charge in [0.2, 0.25) is 0 Å². The fourth-order valence-electron chi connectivity index (χ4n) is 1.16. The van der Waals surface area contributed by atoms with E-state index in [0.717, 1.165) is 5.56 Å². The zero-order valence-electron chi connectivity index (χ0n) is 7.83. The van der Waals surface area contributed by atoms with Gasteiger partial charge in [0.25, 0.3) is 0 Å². The highest BCUT2D eigenvalue weighted by Gasteiger charge is 2.13. The fraction of sp³-hybridized carbons (Fsp3) is 0.333. The van der Waals surface area contributed by atoms with Gasteiger partial charge in [-0.2, -0.15) is 0 Å². The number of carbonyl (C=O) groups excluding carboxylic acids is 1. The predicted molar refractivity (Wildman–Crippen MR) is 51.3 cm³/mol. The molecule has 0 bridgehead atoms. The van der Waals surface area contributed by atoms with Gasteiger partial charge < -0.3 is 0 Å². The first kappa shape index (κ1) is 10.1. The lowest BCUT2D eigenvalue weighted by Gasteiger charge is -2.05. The molecular weight excluding hydrogens is 186 g/mol. The third-order valence-corrected chi connectivity index (χ3v) is 2.81. The molecule has 0 saturated carbocycles. The minimum atomic E-state index is -1.16. The number of carbonyl (C=O) groups is 1.